The van der Waals surface area contributed by atoms with Gasteiger partial charge in [-0.3, -0.25) is 0 Å². The highest BCUT2D eigenvalue weighted by Gasteiger charge is 2.06. The summed E-state index contributed by atoms with van der Waals surface area (Å²) in [6.07, 6.45) is 22.1. The van der Waals surface area contributed by atoms with Gasteiger partial charge >= 0.3 is 0 Å². The second-order valence-corrected chi connectivity index (χ2v) is 8.16. The average Bonchev–Trinajstić information content (AvgIpc) is 2.63. The highest BCUT2D eigenvalue weighted by molar-refractivity contribution is 4.65. The van der Waals surface area contributed by atoms with E-state index in [0.29, 0.717) is 19.2 Å². The van der Waals surface area contributed by atoms with E-state index in [1.807, 2.05) is 0 Å². The monoisotopic (exact) mass is 371 g/mol. The second-order valence-electron chi connectivity index (χ2n) is 8.16. The van der Waals surface area contributed by atoms with E-state index in [4.69, 9.17) is 4.74 Å². The number of aliphatic hydroxyl groups is 1. The summed E-state index contributed by atoms with van der Waals surface area (Å²) in [5.74, 6) is 0. The fourth-order valence-electron chi connectivity index (χ4n) is 3.51. The van der Waals surface area contributed by atoms with Crippen molar-refractivity contribution < 1.29 is 9.84 Å². The van der Waals surface area contributed by atoms with Gasteiger partial charge in [-0.05, 0) is 13.3 Å². The van der Waals surface area contributed by atoms with E-state index in [-0.39, 0.29) is 6.10 Å². The topological polar surface area (TPSA) is 41.5 Å². The summed E-state index contributed by atoms with van der Waals surface area (Å²) in [6.45, 7) is 5.55. The number of aliphatic hydroxyl groups excluding tert-OH is 1. The highest BCUT2D eigenvalue weighted by atomic mass is 16.5. The van der Waals surface area contributed by atoms with Crippen LogP contribution < -0.4 is 5.32 Å². The van der Waals surface area contributed by atoms with Crippen molar-refractivity contribution in [3.8, 4) is 0 Å². The molecule has 2 atom stereocenters. The van der Waals surface area contributed by atoms with Crippen LogP contribution in [0.1, 0.15) is 117 Å². The lowest BCUT2D eigenvalue weighted by Crippen LogP contribution is -2.35. The molecule has 3 heteroatoms. The molecule has 0 radical (unpaired) electrons. The van der Waals surface area contributed by atoms with E-state index >= 15 is 0 Å². The third kappa shape index (κ3) is 20.2. The maximum atomic E-state index is 9.61. The quantitative estimate of drug-likeness (QED) is 0.235. The molecule has 0 rings (SSSR count). The van der Waals surface area contributed by atoms with Crippen LogP contribution in [0.2, 0.25) is 0 Å². The molecule has 2 unspecified atom stereocenters. The molecule has 0 aliphatic heterocycles. The van der Waals surface area contributed by atoms with Gasteiger partial charge in [0.05, 0.1) is 12.7 Å². The van der Waals surface area contributed by atoms with Gasteiger partial charge in [0, 0.05) is 19.7 Å². The van der Waals surface area contributed by atoms with Gasteiger partial charge in [0.15, 0.2) is 0 Å². The molecular weight excluding hydrogens is 322 g/mol. The van der Waals surface area contributed by atoms with Crippen molar-refractivity contribution in [2.75, 3.05) is 20.3 Å². The first kappa shape index (κ1) is 25.9. The zero-order valence-corrected chi connectivity index (χ0v) is 18.2. The molecule has 0 amide bonds. The SMILES string of the molecule is CCCCCCCCCCCCCCCCCC(C)NCC(O)COC. The summed E-state index contributed by atoms with van der Waals surface area (Å²) in [6, 6.07) is 0.489. The molecule has 0 saturated heterocycles. The number of hydrogen-bond donors (Lipinski definition) is 2. The third-order valence-electron chi connectivity index (χ3n) is 5.30. The van der Waals surface area contributed by atoms with Crippen molar-refractivity contribution in [1.29, 1.82) is 0 Å². The van der Waals surface area contributed by atoms with Crippen LogP contribution >= 0.6 is 0 Å². The van der Waals surface area contributed by atoms with E-state index in [9.17, 15) is 5.11 Å². The summed E-state index contributed by atoms with van der Waals surface area (Å²) < 4.78 is 4.94. The first-order valence-corrected chi connectivity index (χ1v) is 11.6. The number of ether oxygens (including phenoxy) is 1. The first-order valence-electron chi connectivity index (χ1n) is 11.6. The Morgan fingerprint density at radius 2 is 1.15 bits per heavy atom. The molecule has 0 aliphatic rings. The van der Waals surface area contributed by atoms with Crippen molar-refractivity contribution in [2.24, 2.45) is 0 Å². The van der Waals surface area contributed by atoms with Crippen LogP contribution in [0.15, 0.2) is 0 Å². The van der Waals surface area contributed by atoms with Crippen molar-refractivity contribution in [1.82, 2.24) is 5.32 Å². The van der Waals surface area contributed by atoms with Crippen LogP contribution in [0.5, 0.6) is 0 Å². The lowest BCUT2D eigenvalue weighted by Gasteiger charge is -2.16. The molecule has 3 nitrogen and oxygen atoms in total. The maximum Gasteiger partial charge on any atom is 0.0897 e. The normalized spacial score (nSPS) is 13.8. The molecule has 0 fully saturated rings. The fourth-order valence-corrected chi connectivity index (χ4v) is 3.51. The molecule has 0 aromatic heterocycles. The number of rotatable bonds is 21. The smallest absolute Gasteiger partial charge is 0.0897 e. The van der Waals surface area contributed by atoms with Crippen LogP contribution in [0, 0.1) is 0 Å². The van der Waals surface area contributed by atoms with Crippen LogP contribution in [-0.2, 0) is 4.74 Å². The molecule has 0 aromatic carbocycles. The Hall–Kier alpha value is -0.120. The molecular formula is C23H49NO2. The van der Waals surface area contributed by atoms with E-state index < -0.39 is 0 Å². The van der Waals surface area contributed by atoms with E-state index in [2.05, 4.69) is 19.2 Å². The Balaban J connectivity index is 3.15. The zero-order valence-electron chi connectivity index (χ0n) is 18.2. The summed E-state index contributed by atoms with van der Waals surface area (Å²) in [4.78, 5) is 0. The summed E-state index contributed by atoms with van der Waals surface area (Å²) in [5.41, 5.74) is 0. The minimum Gasteiger partial charge on any atom is -0.389 e. The van der Waals surface area contributed by atoms with E-state index in [1.54, 1.807) is 7.11 Å². The van der Waals surface area contributed by atoms with Crippen molar-refractivity contribution in [3.05, 3.63) is 0 Å². The molecule has 2 N–H and O–H groups in total. The molecule has 158 valence electrons. The van der Waals surface area contributed by atoms with Crippen molar-refractivity contribution in [3.63, 3.8) is 0 Å². The largest absolute Gasteiger partial charge is 0.389 e. The number of hydrogen-bond acceptors (Lipinski definition) is 3. The van der Waals surface area contributed by atoms with Gasteiger partial charge in [0.25, 0.3) is 0 Å². The molecule has 0 saturated carbocycles. The van der Waals surface area contributed by atoms with Gasteiger partial charge < -0.3 is 15.2 Å². The van der Waals surface area contributed by atoms with Gasteiger partial charge in [-0.15, -0.1) is 0 Å². The zero-order chi connectivity index (χ0) is 19.3. The number of methoxy groups -OCH3 is 1. The summed E-state index contributed by atoms with van der Waals surface area (Å²) >= 11 is 0. The van der Waals surface area contributed by atoms with Gasteiger partial charge in [-0.25, -0.2) is 0 Å². The van der Waals surface area contributed by atoms with E-state index in [1.165, 1.54) is 103 Å². The Morgan fingerprint density at radius 3 is 1.58 bits per heavy atom. The van der Waals surface area contributed by atoms with E-state index in [0.717, 1.165) is 0 Å². The number of unbranched alkanes of at least 4 members (excludes halogenated alkanes) is 14. The Labute approximate surface area is 164 Å². The fraction of sp³-hybridized carbons (Fsp3) is 1.00. The third-order valence-corrected chi connectivity index (χ3v) is 5.30. The Kier molecular flexibility index (Phi) is 21.1. The lowest BCUT2D eigenvalue weighted by molar-refractivity contribution is 0.0628. The summed E-state index contributed by atoms with van der Waals surface area (Å²) in [7, 11) is 1.63. The van der Waals surface area contributed by atoms with Crippen LogP contribution in [-0.4, -0.2) is 37.5 Å². The molecule has 0 aromatic rings. The molecule has 26 heavy (non-hydrogen) atoms. The predicted molar refractivity (Wildman–Crippen MR) is 115 cm³/mol. The van der Waals surface area contributed by atoms with Gasteiger partial charge in [-0.1, -0.05) is 103 Å². The second kappa shape index (κ2) is 21.2. The minimum atomic E-state index is -0.386. The molecule has 0 bridgehead atoms. The number of nitrogens with one attached hydrogen (secondary N) is 1. The van der Waals surface area contributed by atoms with Crippen molar-refractivity contribution >= 4 is 0 Å². The summed E-state index contributed by atoms with van der Waals surface area (Å²) in [5, 5.41) is 13.0. The average molecular weight is 372 g/mol. The molecule has 0 heterocycles. The van der Waals surface area contributed by atoms with Gasteiger partial charge in [-0.2, -0.15) is 0 Å². The standard InChI is InChI=1S/C23H49NO2/c1-4-5-6-7-8-9-10-11-12-13-14-15-16-17-18-19-22(2)24-20-23(25)21-26-3/h22-25H,4-21H2,1-3H3. The van der Waals surface area contributed by atoms with Crippen molar-refractivity contribution in [2.45, 2.75) is 129 Å². The minimum absolute atomic E-state index is 0.386. The molecule has 0 aliphatic carbocycles. The van der Waals surface area contributed by atoms with Gasteiger partial charge in [0.1, 0.15) is 0 Å². The van der Waals surface area contributed by atoms with Crippen LogP contribution in [0.3, 0.4) is 0 Å². The van der Waals surface area contributed by atoms with Crippen LogP contribution in [0.25, 0.3) is 0 Å². The first-order chi connectivity index (χ1) is 12.7. The lowest BCUT2D eigenvalue weighted by atomic mass is 10.0. The Bertz CT molecular complexity index is 261. The highest BCUT2D eigenvalue weighted by Crippen LogP contribution is 2.14. The van der Waals surface area contributed by atoms with Gasteiger partial charge in [0.2, 0.25) is 0 Å². The predicted octanol–water partition coefficient (Wildman–Crippen LogP) is 6.23. The maximum absolute atomic E-state index is 9.61. The Morgan fingerprint density at radius 1 is 0.731 bits per heavy atom. The molecule has 0 spiro atoms. The van der Waals surface area contributed by atoms with Crippen LogP contribution in [0.4, 0.5) is 0 Å².